The molecule has 6 heteroatoms. The van der Waals surface area contributed by atoms with Crippen molar-refractivity contribution in [2.24, 2.45) is 5.92 Å². The van der Waals surface area contributed by atoms with E-state index in [-0.39, 0.29) is 5.91 Å². The first-order valence-electron chi connectivity index (χ1n) is 9.51. The van der Waals surface area contributed by atoms with Crippen molar-refractivity contribution in [3.8, 4) is 0 Å². The Bertz CT molecular complexity index is 355. The molecule has 0 aromatic rings. The number of nitrogens with zero attached hydrogens (tertiary/aromatic N) is 3. The lowest BCUT2D eigenvalue weighted by Gasteiger charge is -2.32. The summed E-state index contributed by atoms with van der Waals surface area (Å²) in [4.78, 5) is 18.9. The number of carbonyl (C=O) groups excluding carboxylic acids is 1. The molecule has 2 saturated heterocycles. The summed E-state index contributed by atoms with van der Waals surface area (Å²) >= 11 is 0. The summed E-state index contributed by atoms with van der Waals surface area (Å²) in [6.45, 7) is 15.4. The fraction of sp³-hybridized carbons (Fsp3) is 0.944. The van der Waals surface area contributed by atoms with Crippen LogP contribution in [0, 0.1) is 5.92 Å². The van der Waals surface area contributed by atoms with Crippen LogP contribution in [0.5, 0.6) is 0 Å². The van der Waals surface area contributed by atoms with Gasteiger partial charge in [0.1, 0.15) is 0 Å². The molecule has 2 rings (SSSR count). The van der Waals surface area contributed by atoms with Crippen LogP contribution in [0.15, 0.2) is 0 Å². The van der Waals surface area contributed by atoms with Crippen LogP contribution in [0.1, 0.15) is 26.7 Å². The Morgan fingerprint density at radius 3 is 2.17 bits per heavy atom. The van der Waals surface area contributed by atoms with Crippen molar-refractivity contribution in [2.45, 2.75) is 26.7 Å². The molecule has 0 bridgehead atoms. The fourth-order valence-corrected chi connectivity index (χ4v) is 3.50. The third-order valence-electron chi connectivity index (χ3n) is 4.91. The predicted octanol–water partition coefficient (Wildman–Crippen LogP) is 0.916. The Balaban J connectivity index is 1.62. The largest absolute Gasteiger partial charge is 0.379 e. The van der Waals surface area contributed by atoms with Gasteiger partial charge in [0.15, 0.2) is 0 Å². The second kappa shape index (κ2) is 11.0. The quantitative estimate of drug-likeness (QED) is 0.584. The average molecular weight is 341 g/mol. The second-order valence-corrected chi connectivity index (χ2v) is 7.14. The number of ether oxygens (including phenoxy) is 2. The highest BCUT2D eigenvalue weighted by Gasteiger charge is 2.18. The van der Waals surface area contributed by atoms with Crippen molar-refractivity contribution in [3.05, 3.63) is 0 Å². The fourth-order valence-electron chi connectivity index (χ4n) is 3.50. The minimum atomic E-state index is 0.204. The van der Waals surface area contributed by atoms with E-state index in [0.717, 1.165) is 91.6 Å². The molecular formula is C18H35N3O3. The van der Waals surface area contributed by atoms with E-state index < -0.39 is 0 Å². The number of morpholine rings is 2. The molecule has 140 valence electrons. The molecule has 0 N–H and O–H groups in total. The third kappa shape index (κ3) is 7.47. The Labute approximate surface area is 147 Å². The molecule has 0 radical (unpaired) electrons. The SMILES string of the molecule is CC(=O)N(CCCCN1CCOCC1)CC(C)CN1CCOCC1. The van der Waals surface area contributed by atoms with Gasteiger partial charge in [0, 0.05) is 52.7 Å². The van der Waals surface area contributed by atoms with Gasteiger partial charge in [-0.3, -0.25) is 14.6 Å². The zero-order chi connectivity index (χ0) is 17.2. The number of hydrogen-bond donors (Lipinski definition) is 0. The van der Waals surface area contributed by atoms with E-state index in [2.05, 4.69) is 16.7 Å². The normalized spacial score (nSPS) is 21.6. The molecule has 1 amide bonds. The lowest BCUT2D eigenvalue weighted by molar-refractivity contribution is -0.129. The molecule has 0 aromatic heterocycles. The van der Waals surface area contributed by atoms with Gasteiger partial charge in [-0.05, 0) is 25.3 Å². The number of hydrogen-bond acceptors (Lipinski definition) is 5. The molecule has 24 heavy (non-hydrogen) atoms. The van der Waals surface area contributed by atoms with Crippen molar-refractivity contribution in [1.29, 1.82) is 0 Å². The highest BCUT2D eigenvalue weighted by molar-refractivity contribution is 5.73. The minimum Gasteiger partial charge on any atom is -0.379 e. The van der Waals surface area contributed by atoms with E-state index >= 15 is 0 Å². The highest BCUT2D eigenvalue weighted by Crippen LogP contribution is 2.08. The summed E-state index contributed by atoms with van der Waals surface area (Å²) in [5, 5.41) is 0. The summed E-state index contributed by atoms with van der Waals surface area (Å²) in [6, 6.07) is 0. The molecule has 6 nitrogen and oxygen atoms in total. The first kappa shape index (κ1) is 19.6. The van der Waals surface area contributed by atoms with Crippen molar-refractivity contribution >= 4 is 5.91 Å². The first-order valence-corrected chi connectivity index (χ1v) is 9.51. The van der Waals surface area contributed by atoms with Gasteiger partial charge in [0.25, 0.3) is 0 Å². The molecule has 0 aliphatic carbocycles. The lowest BCUT2D eigenvalue weighted by atomic mass is 10.1. The average Bonchev–Trinajstić information content (AvgIpc) is 2.59. The zero-order valence-corrected chi connectivity index (χ0v) is 15.5. The van der Waals surface area contributed by atoms with Gasteiger partial charge >= 0.3 is 0 Å². The first-order chi connectivity index (χ1) is 11.6. The molecule has 0 spiro atoms. The van der Waals surface area contributed by atoms with Crippen LogP contribution in [-0.2, 0) is 14.3 Å². The van der Waals surface area contributed by atoms with Gasteiger partial charge in [-0.1, -0.05) is 6.92 Å². The lowest BCUT2D eigenvalue weighted by Crippen LogP contribution is -2.42. The molecule has 2 fully saturated rings. The smallest absolute Gasteiger partial charge is 0.219 e. The zero-order valence-electron chi connectivity index (χ0n) is 15.5. The highest BCUT2D eigenvalue weighted by atomic mass is 16.5. The van der Waals surface area contributed by atoms with Gasteiger partial charge in [-0.2, -0.15) is 0 Å². The van der Waals surface area contributed by atoms with Gasteiger partial charge in [0.2, 0.25) is 5.91 Å². The summed E-state index contributed by atoms with van der Waals surface area (Å²) in [6.07, 6.45) is 2.24. The number of carbonyl (C=O) groups is 1. The summed E-state index contributed by atoms with van der Waals surface area (Å²) in [5.74, 6) is 0.710. The van der Waals surface area contributed by atoms with E-state index in [0.29, 0.717) is 5.92 Å². The molecule has 1 unspecified atom stereocenters. The molecule has 2 aliphatic heterocycles. The maximum atomic E-state index is 11.9. The Morgan fingerprint density at radius 1 is 1.00 bits per heavy atom. The predicted molar refractivity (Wildman–Crippen MR) is 95.2 cm³/mol. The molecule has 2 heterocycles. The van der Waals surface area contributed by atoms with E-state index in [9.17, 15) is 4.79 Å². The maximum absolute atomic E-state index is 11.9. The van der Waals surface area contributed by atoms with Crippen molar-refractivity contribution in [2.75, 3.05) is 78.8 Å². The van der Waals surface area contributed by atoms with Crippen LogP contribution < -0.4 is 0 Å². The topological polar surface area (TPSA) is 45.2 Å². The van der Waals surface area contributed by atoms with Crippen molar-refractivity contribution in [3.63, 3.8) is 0 Å². The van der Waals surface area contributed by atoms with Crippen molar-refractivity contribution in [1.82, 2.24) is 14.7 Å². The van der Waals surface area contributed by atoms with E-state index in [1.54, 1.807) is 6.92 Å². The summed E-state index contributed by atoms with van der Waals surface area (Å²) < 4.78 is 10.8. The maximum Gasteiger partial charge on any atom is 0.219 e. The van der Waals surface area contributed by atoms with Crippen LogP contribution in [0.3, 0.4) is 0 Å². The standard InChI is InChI=1S/C18H35N3O3/c1-17(15-20-9-13-24-14-10-20)16-21(18(2)22)6-4-3-5-19-7-11-23-12-8-19/h17H,3-16H2,1-2H3. The van der Waals surface area contributed by atoms with Crippen LogP contribution in [0.4, 0.5) is 0 Å². The van der Waals surface area contributed by atoms with Crippen molar-refractivity contribution < 1.29 is 14.3 Å². The number of amides is 1. The third-order valence-corrected chi connectivity index (χ3v) is 4.91. The van der Waals surface area contributed by atoms with Crippen LogP contribution in [0.2, 0.25) is 0 Å². The van der Waals surface area contributed by atoms with Gasteiger partial charge in [-0.15, -0.1) is 0 Å². The number of rotatable bonds is 9. The minimum absolute atomic E-state index is 0.204. The van der Waals surface area contributed by atoms with Crippen LogP contribution >= 0.6 is 0 Å². The van der Waals surface area contributed by atoms with Gasteiger partial charge in [-0.25, -0.2) is 0 Å². The summed E-state index contributed by atoms with van der Waals surface area (Å²) in [7, 11) is 0. The van der Waals surface area contributed by atoms with E-state index in [4.69, 9.17) is 9.47 Å². The van der Waals surface area contributed by atoms with Gasteiger partial charge < -0.3 is 14.4 Å². The molecule has 0 aromatic carbocycles. The molecular weight excluding hydrogens is 306 g/mol. The van der Waals surface area contributed by atoms with E-state index in [1.165, 1.54) is 0 Å². The number of unbranched alkanes of at least 4 members (excludes halogenated alkanes) is 1. The molecule has 1 atom stereocenters. The Hall–Kier alpha value is -0.690. The Morgan fingerprint density at radius 2 is 1.58 bits per heavy atom. The van der Waals surface area contributed by atoms with Gasteiger partial charge in [0.05, 0.1) is 26.4 Å². The van der Waals surface area contributed by atoms with E-state index in [1.807, 2.05) is 4.90 Å². The van der Waals surface area contributed by atoms with Crippen LogP contribution in [0.25, 0.3) is 0 Å². The molecule has 2 aliphatic rings. The van der Waals surface area contributed by atoms with Crippen LogP contribution in [-0.4, -0.2) is 99.4 Å². The Kier molecular flexibility index (Phi) is 9.02. The summed E-state index contributed by atoms with van der Waals surface area (Å²) in [5.41, 5.74) is 0. The monoisotopic (exact) mass is 341 g/mol. The second-order valence-electron chi connectivity index (χ2n) is 7.14. The molecule has 0 saturated carbocycles.